The van der Waals surface area contributed by atoms with Gasteiger partial charge in [-0.15, -0.1) is 11.8 Å². The summed E-state index contributed by atoms with van der Waals surface area (Å²) in [6.45, 7) is 2.94. The van der Waals surface area contributed by atoms with E-state index in [4.69, 9.17) is 0 Å². The number of carbonyl (C=O) groups is 1. The summed E-state index contributed by atoms with van der Waals surface area (Å²) in [4.78, 5) is 17.3. The van der Waals surface area contributed by atoms with E-state index in [9.17, 15) is 9.18 Å². The number of nitrogens with zero attached hydrogens (tertiary/aromatic N) is 1. The number of hydrogen-bond donors (Lipinski definition) is 1. The summed E-state index contributed by atoms with van der Waals surface area (Å²) in [5, 5.41) is 4.28. The molecule has 3 nitrogen and oxygen atoms in total. The molecule has 0 aliphatic heterocycles. The van der Waals surface area contributed by atoms with Gasteiger partial charge in [0.1, 0.15) is 10.8 Å². The van der Waals surface area contributed by atoms with E-state index in [1.165, 1.54) is 37.8 Å². The zero-order valence-corrected chi connectivity index (χ0v) is 17.8. The van der Waals surface area contributed by atoms with Crippen molar-refractivity contribution in [2.75, 3.05) is 6.54 Å². The Hall–Kier alpha value is -1.88. The Balaban J connectivity index is 1.31. The van der Waals surface area contributed by atoms with Crippen molar-refractivity contribution in [3.05, 3.63) is 59.5 Å². The predicted molar refractivity (Wildman–Crippen MR) is 116 cm³/mol. The first kappa shape index (κ1) is 20.4. The Morgan fingerprint density at radius 1 is 1.24 bits per heavy atom. The van der Waals surface area contributed by atoms with Gasteiger partial charge in [-0.3, -0.25) is 4.79 Å². The smallest absolute Gasteiger partial charge is 0.254 e. The molecule has 154 valence electrons. The van der Waals surface area contributed by atoms with Gasteiger partial charge < -0.3 is 5.32 Å². The van der Waals surface area contributed by atoms with Gasteiger partial charge in [0.2, 0.25) is 0 Å². The topological polar surface area (TPSA) is 42.0 Å². The van der Waals surface area contributed by atoms with Crippen LogP contribution < -0.4 is 5.32 Å². The lowest BCUT2D eigenvalue weighted by atomic mass is 9.89. The molecule has 1 N–H and O–H groups in total. The molecule has 4 rings (SSSR count). The van der Waals surface area contributed by atoms with Gasteiger partial charge in [-0.25, -0.2) is 9.37 Å². The number of benzene rings is 1. The highest BCUT2D eigenvalue weighted by atomic mass is 32.2. The Kier molecular flexibility index (Phi) is 6.53. The van der Waals surface area contributed by atoms with Gasteiger partial charge in [-0.05, 0) is 79.7 Å². The number of carbonyl (C=O) groups excluding carboxylic acids is 1. The van der Waals surface area contributed by atoms with Crippen LogP contribution in [0.3, 0.4) is 0 Å². The van der Waals surface area contributed by atoms with Crippen molar-refractivity contribution in [2.45, 2.75) is 55.7 Å². The van der Waals surface area contributed by atoms with Crippen LogP contribution in [0, 0.1) is 23.6 Å². The van der Waals surface area contributed by atoms with Crippen molar-refractivity contribution in [1.29, 1.82) is 0 Å². The van der Waals surface area contributed by atoms with Crippen LogP contribution in [0.1, 0.15) is 54.9 Å². The molecule has 1 aromatic heterocycles. The van der Waals surface area contributed by atoms with Crippen LogP contribution in [0.2, 0.25) is 0 Å². The Morgan fingerprint density at radius 2 is 2.07 bits per heavy atom. The lowest BCUT2D eigenvalue weighted by molar-refractivity contribution is 0.0938. The summed E-state index contributed by atoms with van der Waals surface area (Å²) >= 11 is 1.65. The van der Waals surface area contributed by atoms with Crippen LogP contribution in [0.5, 0.6) is 0 Å². The number of aromatic nitrogens is 1. The molecule has 29 heavy (non-hydrogen) atoms. The molecule has 4 atom stereocenters. The zero-order valence-electron chi connectivity index (χ0n) is 16.9. The molecule has 5 heteroatoms. The maximum Gasteiger partial charge on any atom is 0.254 e. The van der Waals surface area contributed by atoms with Crippen molar-refractivity contribution in [2.24, 2.45) is 17.8 Å². The van der Waals surface area contributed by atoms with Gasteiger partial charge in [0.25, 0.3) is 5.91 Å². The summed E-state index contributed by atoms with van der Waals surface area (Å²) < 4.78 is 13.0. The van der Waals surface area contributed by atoms with Gasteiger partial charge in [0.15, 0.2) is 0 Å². The second kappa shape index (κ2) is 9.29. The second-order valence-electron chi connectivity index (χ2n) is 8.59. The SMILES string of the molecule is CC(CCc1ccc(F)cc1)Sc1ncccc1C(=O)NCC1CC2CCC1C2. The van der Waals surface area contributed by atoms with Gasteiger partial charge in [-0.1, -0.05) is 25.5 Å². The van der Waals surface area contributed by atoms with Gasteiger partial charge in [0, 0.05) is 18.0 Å². The van der Waals surface area contributed by atoms with Crippen LogP contribution in [0.15, 0.2) is 47.6 Å². The van der Waals surface area contributed by atoms with E-state index < -0.39 is 0 Å². The average molecular weight is 413 g/mol. The number of fused-ring (bicyclic) bond motifs is 2. The van der Waals surface area contributed by atoms with Crippen molar-refractivity contribution >= 4 is 17.7 Å². The summed E-state index contributed by atoms with van der Waals surface area (Å²) in [6, 6.07) is 10.4. The molecule has 2 aromatic rings. The highest BCUT2D eigenvalue weighted by Gasteiger charge is 2.39. The molecule has 2 aliphatic rings. The highest BCUT2D eigenvalue weighted by Crippen LogP contribution is 2.47. The van der Waals surface area contributed by atoms with Crippen LogP contribution in [-0.2, 0) is 6.42 Å². The largest absolute Gasteiger partial charge is 0.352 e. The Labute approximate surface area is 176 Å². The third-order valence-electron chi connectivity index (χ3n) is 6.49. The quantitative estimate of drug-likeness (QED) is 0.582. The Bertz CT molecular complexity index is 841. The first-order valence-electron chi connectivity index (χ1n) is 10.7. The molecule has 2 bridgehead atoms. The average Bonchev–Trinajstić information content (AvgIpc) is 3.35. The summed E-state index contributed by atoms with van der Waals surface area (Å²) in [5.74, 6) is 2.16. The minimum absolute atomic E-state index is 0.00546. The minimum atomic E-state index is -0.203. The first-order valence-corrected chi connectivity index (χ1v) is 11.6. The fourth-order valence-corrected chi connectivity index (χ4v) is 5.90. The minimum Gasteiger partial charge on any atom is -0.352 e. The maximum absolute atomic E-state index is 13.0. The first-order chi connectivity index (χ1) is 14.1. The second-order valence-corrected chi connectivity index (χ2v) is 10.0. The van der Waals surface area contributed by atoms with E-state index in [0.29, 0.717) is 16.7 Å². The number of nitrogens with one attached hydrogen (secondary N) is 1. The summed E-state index contributed by atoms with van der Waals surface area (Å²) in [6.07, 6.45) is 8.94. The predicted octanol–water partition coefficient (Wildman–Crippen LogP) is 5.50. The van der Waals surface area contributed by atoms with Crippen LogP contribution in [0.4, 0.5) is 4.39 Å². The van der Waals surface area contributed by atoms with Crippen LogP contribution >= 0.6 is 11.8 Å². The fourth-order valence-electron chi connectivity index (χ4n) is 4.87. The number of amides is 1. The summed E-state index contributed by atoms with van der Waals surface area (Å²) in [5.41, 5.74) is 1.80. The normalized spacial score (nSPS) is 23.9. The van der Waals surface area contributed by atoms with E-state index in [-0.39, 0.29) is 11.7 Å². The van der Waals surface area contributed by atoms with E-state index in [2.05, 4.69) is 17.2 Å². The maximum atomic E-state index is 13.0. The van der Waals surface area contributed by atoms with Crippen LogP contribution in [-0.4, -0.2) is 22.7 Å². The third-order valence-corrected chi connectivity index (χ3v) is 7.68. The molecule has 1 amide bonds. The molecular weight excluding hydrogens is 383 g/mol. The number of halogens is 1. The van der Waals surface area contributed by atoms with Gasteiger partial charge >= 0.3 is 0 Å². The van der Waals surface area contributed by atoms with Crippen molar-refractivity contribution < 1.29 is 9.18 Å². The molecule has 0 saturated heterocycles. The van der Waals surface area contributed by atoms with Crippen molar-refractivity contribution in [3.63, 3.8) is 0 Å². The number of aryl methyl sites for hydroxylation is 1. The Morgan fingerprint density at radius 3 is 2.79 bits per heavy atom. The lowest BCUT2D eigenvalue weighted by Gasteiger charge is -2.22. The lowest BCUT2D eigenvalue weighted by Crippen LogP contribution is -2.32. The monoisotopic (exact) mass is 412 g/mol. The fraction of sp³-hybridized carbons (Fsp3) is 0.500. The van der Waals surface area contributed by atoms with Crippen molar-refractivity contribution in [3.8, 4) is 0 Å². The number of rotatable bonds is 8. The molecule has 2 aliphatic carbocycles. The highest BCUT2D eigenvalue weighted by molar-refractivity contribution is 7.99. The van der Waals surface area contributed by atoms with Crippen LogP contribution in [0.25, 0.3) is 0 Å². The third kappa shape index (κ3) is 5.19. The van der Waals surface area contributed by atoms with E-state index in [1.54, 1.807) is 18.0 Å². The van der Waals surface area contributed by atoms with Gasteiger partial charge in [0.05, 0.1) is 5.56 Å². The molecular formula is C24H29FN2OS. The molecule has 0 spiro atoms. The van der Waals surface area contributed by atoms with E-state index in [1.807, 2.05) is 24.3 Å². The molecule has 2 saturated carbocycles. The molecule has 1 heterocycles. The van der Waals surface area contributed by atoms with E-state index in [0.717, 1.165) is 41.8 Å². The van der Waals surface area contributed by atoms with Crippen molar-refractivity contribution in [1.82, 2.24) is 10.3 Å². The zero-order chi connectivity index (χ0) is 20.2. The molecule has 4 unspecified atom stereocenters. The number of pyridine rings is 1. The molecule has 0 radical (unpaired) electrons. The van der Waals surface area contributed by atoms with Gasteiger partial charge in [-0.2, -0.15) is 0 Å². The number of thioether (sulfide) groups is 1. The number of hydrogen-bond acceptors (Lipinski definition) is 3. The summed E-state index contributed by atoms with van der Waals surface area (Å²) in [7, 11) is 0. The standard InChI is InChI=1S/C24H29FN2OS/c1-16(4-5-17-7-10-21(25)11-8-17)29-24-22(3-2-12-26-24)23(28)27-15-20-14-18-6-9-19(20)13-18/h2-3,7-8,10-12,16,18-20H,4-6,9,13-15H2,1H3,(H,27,28). The molecule has 2 fully saturated rings. The van der Waals surface area contributed by atoms with E-state index >= 15 is 0 Å². The molecule has 1 aromatic carbocycles.